The van der Waals surface area contributed by atoms with Gasteiger partial charge in [-0.25, -0.2) is 5.48 Å². The van der Waals surface area contributed by atoms with Crippen molar-refractivity contribution in [1.82, 2.24) is 5.48 Å². The van der Waals surface area contributed by atoms with Gasteiger partial charge in [0.05, 0.1) is 0 Å². The zero-order valence-electron chi connectivity index (χ0n) is 9.72. The van der Waals surface area contributed by atoms with E-state index in [1.807, 2.05) is 5.48 Å². The number of carboxylic acid groups (broad SMARTS) is 1. The highest BCUT2D eigenvalue weighted by Gasteiger charge is 2.02. The molecule has 0 unspecified atom stereocenters. The Morgan fingerprint density at radius 3 is 2.06 bits per heavy atom. The number of aliphatic hydroxyl groups is 2. The summed E-state index contributed by atoms with van der Waals surface area (Å²) in [6.45, 7) is 2.07. The molecule has 0 fully saturated rings. The second-order valence-electron chi connectivity index (χ2n) is 3.44. The van der Waals surface area contributed by atoms with Crippen LogP contribution in [-0.2, 0) is 4.79 Å². The molecular formula is C10H23NO5. The maximum absolute atomic E-state index is 9.87. The van der Waals surface area contributed by atoms with E-state index in [1.165, 1.54) is 0 Å². The molecule has 0 aliphatic carbocycles. The Balaban J connectivity index is 0. The highest BCUT2D eigenvalue weighted by Crippen LogP contribution is 1.97. The van der Waals surface area contributed by atoms with Gasteiger partial charge in [0.2, 0.25) is 0 Å². The van der Waals surface area contributed by atoms with Gasteiger partial charge >= 0.3 is 5.97 Å². The van der Waals surface area contributed by atoms with Crippen LogP contribution in [0, 0.1) is 5.92 Å². The molecule has 0 aliphatic heterocycles. The van der Waals surface area contributed by atoms with Crippen molar-refractivity contribution in [2.24, 2.45) is 5.92 Å². The molecule has 0 aromatic heterocycles. The summed E-state index contributed by atoms with van der Waals surface area (Å²) in [6.07, 6.45) is 3.28. The fourth-order valence-corrected chi connectivity index (χ4v) is 0.842. The quantitative estimate of drug-likeness (QED) is 0.305. The maximum Gasteiger partial charge on any atom is 0.303 e. The molecule has 5 N–H and O–H groups in total. The van der Waals surface area contributed by atoms with E-state index in [2.05, 4.69) is 6.92 Å². The first-order chi connectivity index (χ1) is 7.62. The lowest BCUT2D eigenvalue weighted by Gasteiger charge is -2.06. The molecule has 0 bridgehead atoms. The molecule has 6 heteroatoms. The van der Waals surface area contributed by atoms with E-state index in [1.54, 1.807) is 0 Å². The van der Waals surface area contributed by atoms with Crippen LogP contribution >= 0.6 is 0 Å². The second-order valence-corrected chi connectivity index (χ2v) is 3.44. The Labute approximate surface area is 95.9 Å². The Hall–Kier alpha value is -0.690. The van der Waals surface area contributed by atoms with E-state index in [-0.39, 0.29) is 25.7 Å². The summed E-state index contributed by atoms with van der Waals surface area (Å²) < 4.78 is 0. The predicted molar refractivity (Wildman–Crippen MR) is 59.2 cm³/mol. The van der Waals surface area contributed by atoms with Gasteiger partial charge in [0.1, 0.15) is 0 Å². The van der Waals surface area contributed by atoms with Crippen LogP contribution in [0.3, 0.4) is 0 Å². The highest BCUT2D eigenvalue weighted by molar-refractivity contribution is 5.66. The molecule has 0 amide bonds. The summed E-state index contributed by atoms with van der Waals surface area (Å²) in [5.41, 5.74) is 1.85. The molecule has 0 rings (SSSR count). The predicted octanol–water partition coefficient (Wildman–Crippen LogP) is 0.217. The Morgan fingerprint density at radius 2 is 1.81 bits per heavy atom. The number of hydrogen-bond acceptors (Lipinski definition) is 5. The standard InChI is InChI=1S/C6H12O2.C4H11NO3/c1-2-3-4-5-6(7)8;6-2-4(3-7)1-5-8/h2-5H2,1H3,(H,7,8);4-8H,1-3H2. The number of hydroxylamine groups is 1. The van der Waals surface area contributed by atoms with Crippen molar-refractivity contribution in [3.05, 3.63) is 0 Å². The Kier molecular flexibility index (Phi) is 15.8. The minimum absolute atomic E-state index is 0.107. The van der Waals surface area contributed by atoms with E-state index < -0.39 is 5.97 Å². The lowest BCUT2D eigenvalue weighted by Crippen LogP contribution is -2.24. The number of carbonyl (C=O) groups is 1. The van der Waals surface area contributed by atoms with Gasteiger partial charge in [0, 0.05) is 32.1 Å². The molecule has 0 saturated carbocycles. The molecule has 0 atom stereocenters. The number of aliphatic carboxylic acids is 1. The van der Waals surface area contributed by atoms with E-state index >= 15 is 0 Å². The van der Waals surface area contributed by atoms with Gasteiger partial charge in [-0.05, 0) is 6.42 Å². The van der Waals surface area contributed by atoms with E-state index in [4.69, 9.17) is 20.5 Å². The van der Waals surface area contributed by atoms with Gasteiger partial charge in [0.15, 0.2) is 0 Å². The Morgan fingerprint density at radius 1 is 1.25 bits per heavy atom. The zero-order valence-corrected chi connectivity index (χ0v) is 9.72. The van der Waals surface area contributed by atoms with Crippen molar-refractivity contribution in [1.29, 1.82) is 0 Å². The summed E-state index contributed by atoms with van der Waals surface area (Å²) in [7, 11) is 0. The minimum atomic E-state index is -0.682. The first-order valence-corrected chi connectivity index (χ1v) is 5.42. The van der Waals surface area contributed by atoms with Crippen LogP contribution in [0.1, 0.15) is 32.6 Å². The average Bonchev–Trinajstić information content (AvgIpc) is 2.27. The normalized spacial score (nSPS) is 9.81. The van der Waals surface area contributed by atoms with Crippen molar-refractivity contribution >= 4 is 5.97 Å². The number of unbranched alkanes of at least 4 members (excludes halogenated alkanes) is 2. The molecule has 0 saturated heterocycles. The summed E-state index contributed by atoms with van der Waals surface area (Å²) >= 11 is 0. The van der Waals surface area contributed by atoms with Crippen molar-refractivity contribution in [3.63, 3.8) is 0 Å². The molecule has 0 radical (unpaired) electrons. The van der Waals surface area contributed by atoms with E-state index in [0.29, 0.717) is 6.42 Å². The molecule has 98 valence electrons. The third-order valence-corrected chi connectivity index (χ3v) is 1.89. The van der Waals surface area contributed by atoms with Crippen LogP contribution in [0.5, 0.6) is 0 Å². The monoisotopic (exact) mass is 237 g/mol. The summed E-state index contributed by atoms with van der Waals surface area (Å²) in [4.78, 5) is 9.87. The summed E-state index contributed by atoms with van der Waals surface area (Å²) in [5.74, 6) is -0.932. The van der Waals surface area contributed by atoms with Gasteiger partial charge in [-0.2, -0.15) is 0 Å². The molecule has 6 nitrogen and oxygen atoms in total. The van der Waals surface area contributed by atoms with Crippen molar-refractivity contribution in [3.8, 4) is 0 Å². The second kappa shape index (κ2) is 14.3. The van der Waals surface area contributed by atoms with Crippen LogP contribution in [0.2, 0.25) is 0 Å². The van der Waals surface area contributed by atoms with Gasteiger partial charge in [-0.1, -0.05) is 19.8 Å². The number of rotatable bonds is 8. The zero-order chi connectivity index (χ0) is 12.8. The molecule has 0 aromatic rings. The third kappa shape index (κ3) is 15.8. The van der Waals surface area contributed by atoms with Gasteiger partial charge in [-0.15, -0.1) is 0 Å². The van der Waals surface area contributed by atoms with Crippen LogP contribution in [0.15, 0.2) is 0 Å². The first kappa shape index (κ1) is 17.7. The fourth-order valence-electron chi connectivity index (χ4n) is 0.842. The molecular weight excluding hydrogens is 214 g/mol. The molecule has 0 aliphatic rings. The van der Waals surface area contributed by atoms with Crippen LogP contribution in [-0.4, -0.2) is 46.3 Å². The van der Waals surface area contributed by atoms with Gasteiger partial charge < -0.3 is 20.5 Å². The first-order valence-electron chi connectivity index (χ1n) is 5.42. The smallest absolute Gasteiger partial charge is 0.303 e. The molecule has 0 aromatic carbocycles. The van der Waals surface area contributed by atoms with Crippen molar-refractivity contribution < 1.29 is 25.3 Å². The number of nitrogens with one attached hydrogen (secondary N) is 1. The Bertz CT molecular complexity index is 150. The maximum atomic E-state index is 9.87. The van der Waals surface area contributed by atoms with E-state index in [0.717, 1.165) is 19.3 Å². The SMILES string of the molecule is CCCCCC(=O)O.OCC(CO)CNO. The third-order valence-electron chi connectivity index (χ3n) is 1.89. The van der Waals surface area contributed by atoms with Crippen LogP contribution in [0.25, 0.3) is 0 Å². The van der Waals surface area contributed by atoms with Crippen LogP contribution < -0.4 is 5.48 Å². The van der Waals surface area contributed by atoms with Crippen LogP contribution in [0.4, 0.5) is 0 Å². The molecule has 16 heavy (non-hydrogen) atoms. The minimum Gasteiger partial charge on any atom is -0.481 e. The van der Waals surface area contributed by atoms with Gasteiger partial charge in [0.25, 0.3) is 0 Å². The average molecular weight is 237 g/mol. The number of aliphatic hydroxyl groups excluding tert-OH is 2. The van der Waals surface area contributed by atoms with E-state index in [9.17, 15) is 4.79 Å². The molecule has 0 heterocycles. The van der Waals surface area contributed by atoms with Crippen molar-refractivity contribution in [2.45, 2.75) is 32.6 Å². The summed E-state index contributed by atoms with van der Waals surface area (Å²) in [5, 5.41) is 32.9. The fraction of sp³-hybridized carbons (Fsp3) is 0.900. The lowest BCUT2D eigenvalue weighted by atomic mass is 10.2. The summed E-state index contributed by atoms with van der Waals surface area (Å²) in [6, 6.07) is 0. The molecule has 0 spiro atoms. The van der Waals surface area contributed by atoms with Gasteiger partial charge in [-0.3, -0.25) is 4.79 Å². The van der Waals surface area contributed by atoms with Crippen molar-refractivity contribution in [2.75, 3.05) is 19.8 Å². The topological polar surface area (TPSA) is 110 Å². The highest BCUT2D eigenvalue weighted by atomic mass is 16.5. The number of carboxylic acids is 1. The largest absolute Gasteiger partial charge is 0.481 e. The number of hydrogen-bond donors (Lipinski definition) is 5. The lowest BCUT2D eigenvalue weighted by molar-refractivity contribution is -0.137.